The topological polar surface area (TPSA) is 90.1 Å². The van der Waals surface area contributed by atoms with Gasteiger partial charge in [-0.2, -0.15) is 4.98 Å². The van der Waals surface area contributed by atoms with Gasteiger partial charge in [0.1, 0.15) is 12.6 Å². The van der Waals surface area contributed by atoms with Gasteiger partial charge in [0.05, 0.1) is 0 Å². The van der Waals surface area contributed by atoms with Crippen molar-refractivity contribution in [1.82, 2.24) is 20.4 Å². The van der Waals surface area contributed by atoms with Crippen LogP contribution in [0.25, 0.3) is 11.4 Å². The lowest BCUT2D eigenvalue weighted by atomic mass is 10.2. The first-order valence-corrected chi connectivity index (χ1v) is 7.43. The third-order valence-corrected chi connectivity index (χ3v) is 3.30. The van der Waals surface area contributed by atoms with E-state index < -0.39 is 12.1 Å². The summed E-state index contributed by atoms with van der Waals surface area (Å²) in [4.78, 5) is 20.1. The van der Waals surface area contributed by atoms with Crippen LogP contribution in [0.4, 0.5) is 4.79 Å². The molecule has 0 saturated heterocycles. The monoisotopic (exact) mass is 324 g/mol. The number of carbonyl (C=O) groups excluding carboxylic acids is 1. The van der Waals surface area contributed by atoms with E-state index in [1.165, 1.54) is 0 Å². The zero-order chi connectivity index (χ0) is 16.8. The van der Waals surface area contributed by atoms with Crippen LogP contribution in [0.5, 0.6) is 0 Å². The van der Waals surface area contributed by atoms with E-state index in [1.54, 1.807) is 31.5 Å². The van der Waals surface area contributed by atoms with E-state index >= 15 is 0 Å². The predicted octanol–water partition coefficient (Wildman–Crippen LogP) is 3.12. The predicted molar refractivity (Wildman–Crippen MR) is 85.7 cm³/mol. The first-order chi connectivity index (χ1) is 11.7. The summed E-state index contributed by atoms with van der Waals surface area (Å²) in [6.45, 7) is 1.94. The summed E-state index contributed by atoms with van der Waals surface area (Å²) >= 11 is 0. The molecular weight excluding hydrogens is 308 g/mol. The van der Waals surface area contributed by atoms with Crippen LogP contribution >= 0.6 is 0 Å². The van der Waals surface area contributed by atoms with Gasteiger partial charge in [-0.3, -0.25) is 4.98 Å². The first kappa shape index (κ1) is 15.7. The van der Waals surface area contributed by atoms with Crippen LogP contribution in [0.2, 0.25) is 0 Å². The van der Waals surface area contributed by atoms with Crippen LogP contribution in [0.15, 0.2) is 59.4 Å². The molecule has 1 atom stereocenters. The first-order valence-electron chi connectivity index (χ1n) is 7.43. The lowest BCUT2D eigenvalue weighted by Gasteiger charge is -2.10. The lowest BCUT2D eigenvalue weighted by Crippen LogP contribution is -2.27. The summed E-state index contributed by atoms with van der Waals surface area (Å²) < 4.78 is 10.4. The Morgan fingerprint density at radius 1 is 1.21 bits per heavy atom. The van der Waals surface area contributed by atoms with Crippen molar-refractivity contribution in [2.24, 2.45) is 0 Å². The van der Waals surface area contributed by atoms with Crippen LogP contribution in [0.1, 0.15) is 24.4 Å². The zero-order valence-corrected chi connectivity index (χ0v) is 13.0. The normalized spacial score (nSPS) is 11.7. The Hall–Kier alpha value is -3.22. The average molecular weight is 324 g/mol. The summed E-state index contributed by atoms with van der Waals surface area (Å²) in [5, 5.41) is 6.56. The molecule has 0 aliphatic carbocycles. The molecule has 3 rings (SSSR count). The Morgan fingerprint density at radius 2 is 1.96 bits per heavy atom. The quantitative estimate of drug-likeness (QED) is 0.775. The third-order valence-electron chi connectivity index (χ3n) is 3.30. The summed E-state index contributed by atoms with van der Waals surface area (Å²) in [7, 11) is 0. The molecule has 122 valence electrons. The van der Waals surface area contributed by atoms with Gasteiger partial charge < -0.3 is 14.6 Å². The highest BCUT2D eigenvalue weighted by molar-refractivity contribution is 5.67. The van der Waals surface area contributed by atoms with Gasteiger partial charge in [0, 0.05) is 18.0 Å². The summed E-state index contributed by atoms with van der Waals surface area (Å²) in [5.41, 5.74) is 1.71. The maximum absolute atomic E-state index is 11.8. The molecule has 0 bridgehead atoms. The number of hydrogen-bond donors (Lipinski definition) is 1. The Balaban J connectivity index is 1.56. The van der Waals surface area contributed by atoms with Crippen molar-refractivity contribution in [3.63, 3.8) is 0 Å². The number of aromatic nitrogens is 3. The summed E-state index contributed by atoms with van der Waals surface area (Å²) in [6, 6.07) is 12.5. The van der Waals surface area contributed by atoms with Gasteiger partial charge in [-0.05, 0) is 24.6 Å². The molecule has 1 amide bonds. The van der Waals surface area contributed by atoms with Crippen LogP contribution in [-0.2, 0) is 11.3 Å². The van der Waals surface area contributed by atoms with Crippen LogP contribution in [-0.4, -0.2) is 21.2 Å². The smallest absolute Gasteiger partial charge is 0.408 e. The maximum Gasteiger partial charge on any atom is 0.408 e. The highest BCUT2D eigenvalue weighted by atomic mass is 16.5. The van der Waals surface area contributed by atoms with E-state index in [4.69, 9.17) is 9.26 Å². The molecule has 0 radical (unpaired) electrons. The van der Waals surface area contributed by atoms with Gasteiger partial charge in [0.2, 0.25) is 11.7 Å². The SMILES string of the molecule is C[C@H](NC(=O)OCc1ccccc1)c1nc(-c2ccncc2)no1. The number of ether oxygens (including phenoxy) is 1. The highest BCUT2D eigenvalue weighted by Gasteiger charge is 2.18. The Morgan fingerprint density at radius 3 is 2.71 bits per heavy atom. The standard InChI is InChI=1S/C17H16N4O3/c1-12(19-17(22)23-11-13-5-3-2-4-6-13)16-20-15(21-24-16)14-7-9-18-10-8-14/h2-10,12H,11H2,1H3,(H,19,22)/t12-/m0/s1. The number of carbonyl (C=O) groups is 1. The summed E-state index contributed by atoms with van der Waals surface area (Å²) in [6.07, 6.45) is 2.75. The summed E-state index contributed by atoms with van der Waals surface area (Å²) in [5.74, 6) is 0.747. The molecule has 0 aliphatic rings. The Bertz CT molecular complexity index is 790. The van der Waals surface area contributed by atoms with Crippen molar-refractivity contribution >= 4 is 6.09 Å². The fourth-order valence-corrected chi connectivity index (χ4v) is 2.03. The Kier molecular flexibility index (Phi) is 4.81. The molecule has 1 N–H and O–H groups in total. The molecule has 1 aromatic carbocycles. The molecule has 7 heteroatoms. The second-order valence-corrected chi connectivity index (χ2v) is 5.12. The minimum Gasteiger partial charge on any atom is -0.445 e. The number of amides is 1. The third kappa shape index (κ3) is 3.95. The minimum absolute atomic E-state index is 0.200. The fourth-order valence-electron chi connectivity index (χ4n) is 2.03. The average Bonchev–Trinajstić information content (AvgIpc) is 3.12. The molecule has 7 nitrogen and oxygen atoms in total. The van der Waals surface area contributed by atoms with Crippen molar-refractivity contribution in [3.05, 3.63) is 66.3 Å². The number of hydrogen-bond acceptors (Lipinski definition) is 6. The largest absolute Gasteiger partial charge is 0.445 e. The minimum atomic E-state index is -0.546. The van der Waals surface area contributed by atoms with Gasteiger partial charge in [-0.25, -0.2) is 4.79 Å². The second kappa shape index (κ2) is 7.36. The molecule has 2 heterocycles. The van der Waals surface area contributed by atoms with Gasteiger partial charge in [0.25, 0.3) is 0 Å². The van der Waals surface area contributed by atoms with E-state index in [2.05, 4.69) is 20.4 Å². The number of alkyl carbamates (subject to hydrolysis) is 1. The Labute approximate surface area is 138 Å². The van der Waals surface area contributed by atoms with Crippen LogP contribution in [0.3, 0.4) is 0 Å². The van der Waals surface area contributed by atoms with E-state index in [1.807, 2.05) is 30.3 Å². The number of rotatable bonds is 5. The van der Waals surface area contributed by atoms with Crippen molar-refractivity contribution < 1.29 is 14.1 Å². The molecule has 0 aliphatic heterocycles. The van der Waals surface area contributed by atoms with Crippen molar-refractivity contribution in [3.8, 4) is 11.4 Å². The maximum atomic E-state index is 11.8. The molecule has 0 spiro atoms. The van der Waals surface area contributed by atoms with E-state index in [-0.39, 0.29) is 6.61 Å². The van der Waals surface area contributed by atoms with E-state index in [0.717, 1.165) is 11.1 Å². The van der Waals surface area contributed by atoms with Gasteiger partial charge in [-0.1, -0.05) is 35.5 Å². The number of pyridine rings is 1. The number of nitrogens with one attached hydrogen (secondary N) is 1. The number of benzene rings is 1. The fraction of sp³-hybridized carbons (Fsp3) is 0.176. The molecule has 0 fully saturated rings. The van der Waals surface area contributed by atoms with Crippen LogP contribution in [0, 0.1) is 0 Å². The molecule has 2 aromatic heterocycles. The number of nitrogens with zero attached hydrogens (tertiary/aromatic N) is 3. The van der Waals surface area contributed by atoms with Crippen LogP contribution < -0.4 is 5.32 Å². The molecule has 3 aromatic rings. The highest BCUT2D eigenvalue weighted by Crippen LogP contribution is 2.17. The van der Waals surface area contributed by atoms with Crippen molar-refractivity contribution in [2.45, 2.75) is 19.6 Å². The van der Waals surface area contributed by atoms with Crippen molar-refractivity contribution in [2.75, 3.05) is 0 Å². The van der Waals surface area contributed by atoms with Gasteiger partial charge >= 0.3 is 6.09 Å². The molecule has 24 heavy (non-hydrogen) atoms. The molecule has 0 saturated carbocycles. The van der Waals surface area contributed by atoms with E-state index in [9.17, 15) is 4.79 Å². The molecular formula is C17H16N4O3. The van der Waals surface area contributed by atoms with E-state index in [0.29, 0.717) is 11.7 Å². The van der Waals surface area contributed by atoms with Crippen molar-refractivity contribution in [1.29, 1.82) is 0 Å². The second-order valence-electron chi connectivity index (χ2n) is 5.12. The van der Waals surface area contributed by atoms with Gasteiger partial charge in [-0.15, -0.1) is 0 Å². The zero-order valence-electron chi connectivity index (χ0n) is 13.0. The van der Waals surface area contributed by atoms with Gasteiger partial charge in [0.15, 0.2) is 0 Å². The molecule has 0 unspecified atom stereocenters. The lowest BCUT2D eigenvalue weighted by molar-refractivity contribution is 0.134.